The van der Waals surface area contributed by atoms with Gasteiger partial charge in [0.15, 0.2) is 0 Å². The Bertz CT molecular complexity index is 650. The second kappa shape index (κ2) is 4.20. The van der Waals surface area contributed by atoms with Gasteiger partial charge in [0.2, 0.25) is 0 Å². The zero-order valence-corrected chi connectivity index (χ0v) is 10.8. The monoisotopic (exact) mass is 281 g/mol. The van der Waals surface area contributed by atoms with Crippen molar-refractivity contribution in [2.75, 3.05) is 5.32 Å². The van der Waals surface area contributed by atoms with Crippen molar-refractivity contribution in [1.82, 2.24) is 0 Å². The molecule has 1 N–H and O–H groups in total. The van der Waals surface area contributed by atoms with E-state index in [4.69, 9.17) is 0 Å². The van der Waals surface area contributed by atoms with E-state index in [9.17, 15) is 13.2 Å². The molecule has 5 heteroatoms. The minimum absolute atomic E-state index is 0.512. The highest BCUT2D eigenvalue weighted by atomic mass is 32.2. The third-order valence-corrected chi connectivity index (χ3v) is 4.08. The van der Waals surface area contributed by atoms with E-state index >= 15 is 0 Å². The van der Waals surface area contributed by atoms with Gasteiger partial charge in [0.1, 0.15) is 0 Å². The fraction of sp³-hybridized carbons (Fsp3) is 0.143. The Morgan fingerprint density at radius 3 is 2.26 bits per heavy atom. The molecule has 2 aromatic rings. The van der Waals surface area contributed by atoms with Gasteiger partial charge in [-0.15, -0.1) is 0 Å². The molecule has 0 aromatic heterocycles. The molecule has 0 saturated heterocycles. The lowest BCUT2D eigenvalue weighted by Crippen LogP contribution is -2.07. The number of fused-ring (bicyclic) bond motifs is 2. The fourth-order valence-electron chi connectivity index (χ4n) is 1.99. The Morgan fingerprint density at radius 1 is 0.947 bits per heavy atom. The first-order chi connectivity index (χ1) is 8.93. The Kier molecular flexibility index (Phi) is 2.74. The van der Waals surface area contributed by atoms with Crippen LogP contribution in [-0.4, -0.2) is 0 Å². The maximum atomic E-state index is 12.7. The van der Waals surface area contributed by atoms with Crippen LogP contribution in [0.25, 0.3) is 0 Å². The molecule has 3 rings (SSSR count). The summed E-state index contributed by atoms with van der Waals surface area (Å²) in [4.78, 5) is 1.84. The minimum atomic E-state index is -4.31. The summed E-state index contributed by atoms with van der Waals surface area (Å²) in [6, 6.07) is 9.69. The number of anilines is 2. The van der Waals surface area contributed by atoms with Gasteiger partial charge >= 0.3 is 6.18 Å². The Labute approximate surface area is 112 Å². The van der Waals surface area contributed by atoms with E-state index in [1.807, 2.05) is 25.1 Å². The predicted octanol–water partition coefficient (Wildman–Crippen LogP) is 5.22. The van der Waals surface area contributed by atoms with Crippen molar-refractivity contribution in [3.8, 4) is 0 Å². The first kappa shape index (κ1) is 12.4. The molecule has 0 amide bonds. The molecule has 0 atom stereocenters. The van der Waals surface area contributed by atoms with Crippen LogP contribution >= 0.6 is 11.8 Å². The van der Waals surface area contributed by atoms with E-state index in [1.54, 1.807) is 0 Å². The number of halogens is 3. The average molecular weight is 281 g/mol. The Morgan fingerprint density at radius 2 is 1.58 bits per heavy atom. The van der Waals surface area contributed by atoms with E-state index in [2.05, 4.69) is 5.32 Å². The molecule has 0 unspecified atom stereocenters. The van der Waals surface area contributed by atoms with Crippen molar-refractivity contribution in [2.24, 2.45) is 0 Å². The summed E-state index contributed by atoms with van der Waals surface area (Å²) in [5.74, 6) is 0. The van der Waals surface area contributed by atoms with E-state index in [0.29, 0.717) is 5.69 Å². The maximum absolute atomic E-state index is 12.7. The quantitative estimate of drug-likeness (QED) is 0.606. The fourth-order valence-corrected chi connectivity index (χ4v) is 2.94. The summed E-state index contributed by atoms with van der Waals surface area (Å²) < 4.78 is 38.0. The highest BCUT2D eigenvalue weighted by molar-refractivity contribution is 7.99. The molecule has 0 radical (unpaired) electrons. The normalized spacial score (nSPS) is 13.5. The van der Waals surface area contributed by atoms with Crippen molar-refractivity contribution < 1.29 is 13.2 Å². The average Bonchev–Trinajstić information content (AvgIpc) is 2.34. The van der Waals surface area contributed by atoms with Crippen LogP contribution in [0.15, 0.2) is 46.2 Å². The van der Waals surface area contributed by atoms with E-state index in [1.165, 1.54) is 17.8 Å². The number of alkyl halides is 3. The number of hydrogen-bond acceptors (Lipinski definition) is 2. The van der Waals surface area contributed by atoms with Crippen LogP contribution in [-0.2, 0) is 6.18 Å². The lowest BCUT2D eigenvalue weighted by Gasteiger charge is -2.22. The van der Waals surface area contributed by atoms with Gasteiger partial charge in [0, 0.05) is 9.79 Å². The number of aryl methyl sites for hydroxylation is 1. The smallest absolute Gasteiger partial charge is 0.354 e. The number of rotatable bonds is 0. The third-order valence-electron chi connectivity index (χ3n) is 2.93. The summed E-state index contributed by atoms with van der Waals surface area (Å²) in [5.41, 5.74) is 1.81. The summed E-state index contributed by atoms with van der Waals surface area (Å²) >= 11 is 1.48. The van der Waals surface area contributed by atoms with Crippen molar-refractivity contribution in [3.63, 3.8) is 0 Å². The van der Waals surface area contributed by atoms with Crippen LogP contribution in [0, 0.1) is 6.92 Å². The maximum Gasteiger partial charge on any atom is 0.416 e. The largest absolute Gasteiger partial charge is 0.416 e. The summed E-state index contributed by atoms with van der Waals surface area (Å²) in [6.45, 7) is 1.95. The number of nitrogens with one attached hydrogen (secondary N) is 1. The molecule has 0 aliphatic carbocycles. The highest BCUT2D eigenvalue weighted by Crippen LogP contribution is 2.46. The van der Waals surface area contributed by atoms with Gasteiger partial charge in [-0.2, -0.15) is 13.2 Å². The SMILES string of the molecule is Cc1ccc2c(c1)Nc1cc(C(F)(F)F)ccc1S2. The topological polar surface area (TPSA) is 12.0 Å². The second-order valence-corrected chi connectivity index (χ2v) is 5.52. The molecule has 1 aliphatic heterocycles. The molecule has 0 bridgehead atoms. The first-order valence-corrected chi connectivity index (χ1v) is 6.52. The lowest BCUT2D eigenvalue weighted by atomic mass is 10.1. The van der Waals surface area contributed by atoms with Gasteiger partial charge in [-0.1, -0.05) is 17.8 Å². The van der Waals surface area contributed by atoms with Crippen LogP contribution < -0.4 is 5.32 Å². The highest BCUT2D eigenvalue weighted by Gasteiger charge is 2.31. The van der Waals surface area contributed by atoms with Crippen LogP contribution in [0.3, 0.4) is 0 Å². The Balaban J connectivity index is 2.03. The summed E-state index contributed by atoms with van der Waals surface area (Å²) in [6.07, 6.45) is -4.31. The van der Waals surface area contributed by atoms with Gasteiger partial charge in [-0.3, -0.25) is 0 Å². The van der Waals surface area contributed by atoms with Crippen molar-refractivity contribution in [3.05, 3.63) is 47.5 Å². The molecule has 1 nitrogen and oxygen atoms in total. The van der Waals surface area contributed by atoms with Crippen LogP contribution in [0.2, 0.25) is 0 Å². The Hall–Kier alpha value is -1.62. The van der Waals surface area contributed by atoms with Gasteiger partial charge in [0.25, 0.3) is 0 Å². The number of hydrogen-bond donors (Lipinski definition) is 1. The van der Waals surface area contributed by atoms with Gasteiger partial charge in [-0.05, 0) is 42.8 Å². The minimum Gasteiger partial charge on any atom is -0.354 e. The van der Waals surface area contributed by atoms with Crippen molar-refractivity contribution in [1.29, 1.82) is 0 Å². The van der Waals surface area contributed by atoms with E-state index in [-0.39, 0.29) is 0 Å². The van der Waals surface area contributed by atoms with E-state index < -0.39 is 11.7 Å². The van der Waals surface area contributed by atoms with Gasteiger partial charge < -0.3 is 5.32 Å². The van der Waals surface area contributed by atoms with E-state index in [0.717, 1.165) is 33.2 Å². The molecular formula is C14H10F3NS. The zero-order valence-electron chi connectivity index (χ0n) is 10.0. The van der Waals surface area contributed by atoms with Gasteiger partial charge in [0.05, 0.1) is 16.9 Å². The van der Waals surface area contributed by atoms with Crippen molar-refractivity contribution in [2.45, 2.75) is 22.9 Å². The molecule has 0 saturated carbocycles. The molecule has 1 aliphatic rings. The first-order valence-electron chi connectivity index (χ1n) is 5.70. The summed E-state index contributed by atoms with van der Waals surface area (Å²) in [7, 11) is 0. The zero-order chi connectivity index (χ0) is 13.6. The summed E-state index contributed by atoms with van der Waals surface area (Å²) in [5, 5.41) is 3.07. The predicted molar refractivity (Wildman–Crippen MR) is 70.0 cm³/mol. The van der Waals surface area contributed by atoms with Crippen LogP contribution in [0.4, 0.5) is 24.5 Å². The number of benzene rings is 2. The molecule has 2 aromatic carbocycles. The molecular weight excluding hydrogens is 271 g/mol. The molecule has 1 heterocycles. The van der Waals surface area contributed by atoms with Crippen LogP contribution in [0.5, 0.6) is 0 Å². The molecule has 19 heavy (non-hydrogen) atoms. The van der Waals surface area contributed by atoms with Crippen LogP contribution in [0.1, 0.15) is 11.1 Å². The molecule has 0 spiro atoms. The lowest BCUT2D eigenvalue weighted by molar-refractivity contribution is -0.137. The third kappa shape index (κ3) is 2.30. The molecule has 98 valence electrons. The standard InChI is InChI=1S/C14H10F3NS/c1-8-2-4-12-10(6-8)18-11-7-9(14(15,16)17)3-5-13(11)19-12/h2-7,18H,1H3. The van der Waals surface area contributed by atoms with Crippen molar-refractivity contribution >= 4 is 23.1 Å². The second-order valence-electron chi connectivity index (χ2n) is 4.44. The molecule has 0 fully saturated rings. The van der Waals surface area contributed by atoms with Gasteiger partial charge in [-0.25, -0.2) is 0 Å².